The molecule has 0 aromatic heterocycles. The molecule has 1 unspecified atom stereocenters. The molecule has 9 heteroatoms. The first kappa shape index (κ1) is 18.8. The second-order valence-electron chi connectivity index (χ2n) is 5.81. The topological polar surface area (TPSA) is 100 Å². The molecule has 2 aliphatic rings. The Morgan fingerprint density at radius 1 is 1.38 bits per heavy atom. The minimum Gasteiger partial charge on any atom is -0.390 e. The van der Waals surface area contributed by atoms with Crippen LogP contribution in [-0.2, 0) is 19.1 Å². The van der Waals surface area contributed by atoms with Crippen LogP contribution in [0.15, 0.2) is 12.2 Å². The zero-order valence-corrected chi connectivity index (χ0v) is 14.5. The highest BCUT2D eigenvalue weighted by atomic mass is 32.1. The van der Waals surface area contributed by atoms with Gasteiger partial charge in [0.05, 0.1) is 18.8 Å². The van der Waals surface area contributed by atoms with E-state index in [0.717, 1.165) is 4.90 Å². The van der Waals surface area contributed by atoms with E-state index in [2.05, 4.69) is 10.6 Å². The van der Waals surface area contributed by atoms with Crippen LogP contribution in [0.3, 0.4) is 0 Å². The molecule has 0 aromatic rings. The Hall–Kier alpha value is -1.55. The van der Waals surface area contributed by atoms with E-state index in [-0.39, 0.29) is 36.4 Å². The second kappa shape index (κ2) is 8.52. The number of aliphatic hydroxyl groups is 1. The van der Waals surface area contributed by atoms with E-state index >= 15 is 0 Å². The molecule has 0 bridgehead atoms. The van der Waals surface area contributed by atoms with Crippen molar-refractivity contribution >= 4 is 29.1 Å². The maximum Gasteiger partial charge on any atom is 0.253 e. The SMILES string of the molecule is COC[C@H]1C[C@@H](NC(=S)NCCN2C(=O)C=CC2=O)C(OC)[C@H]1O. The molecule has 1 aliphatic heterocycles. The van der Waals surface area contributed by atoms with Crippen molar-refractivity contribution in [3.63, 3.8) is 0 Å². The summed E-state index contributed by atoms with van der Waals surface area (Å²) < 4.78 is 10.5. The number of nitrogens with one attached hydrogen (secondary N) is 2. The summed E-state index contributed by atoms with van der Waals surface area (Å²) in [6.07, 6.45) is 2.16. The lowest BCUT2D eigenvalue weighted by molar-refractivity contribution is -0.136. The van der Waals surface area contributed by atoms with E-state index in [9.17, 15) is 14.7 Å². The third-order valence-electron chi connectivity index (χ3n) is 4.26. The first-order valence-corrected chi connectivity index (χ1v) is 8.16. The van der Waals surface area contributed by atoms with Crippen LogP contribution < -0.4 is 10.6 Å². The van der Waals surface area contributed by atoms with Gasteiger partial charge in [0, 0.05) is 45.4 Å². The van der Waals surface area contributed by atoms with Crippen LogP contribution in [0.2, 0.25) is 0 Å². The van der Waals surface area contributed by atoms with Crippen LogP contribution >= 0.6 is 12.2 Å². The number of aliphatic hydroxyl groups excluding tert-OH is 1. The molecular formula is C15H23N3O5S. The average Bonchev–Trinajstić information content (AvgIpc) is 3.01. The number of carbonyl (C=O) groups excluding carboxylic acids is 2. The fourth-order valence-corrected chi connectivity index (χ4v) is 3.34. The van der Waals surface area contributed by atoms with Gasteiger partial charge in [0.25, 0.3) is 11.8 Å². The van der Waals surface area contributed by atoms with E-state index in [1.807, 2.05) is 0 Å². The lowest BCUT2D eigenvalue weighted by atomic mass is 10.1. The van der Waals surface area contributed by atoms with E-state index in [4.69, 9.17) is 21.7 Å². The first-order chi connectivity index (χ1) is 11.5. The van der Waals surface area contributed by atoms with Crippen molar-refractivity contribution in [1.82, 2.24) is 15.5 Å². The number of carbonyl (C=O) groups is 2. The second-order valence-corrected chi connectivity index (χ2v) is 6.22. The molecule has 1 saturated carbocycles. The first-order valence-electron chi connectivity index (χ1n) is 7.75. The average molecular weight is 357 g/mol. The van der Waals surface area contributed by atoms with Crippen LogP contribution in [0.5, 0.6) is 0 Å². The molecule has 2 rings (SSSR count). The zero-order valence-electron chi connectivity index (χ0n) is 13.7. The van der Waals surface area contributed by atoms with Gasteiger partial charge in [-0.3, -0.25) is 14.5 Å². The van der Waals surface area contributed by atoms with Gasteiger partial charge in [-0.05, 0) is 18.6 Å². The largest absolute Gasteiger partial charge is 0.390 e. The monoisotopic (exact) mass is 357 g/mol. The molecule has 1 fully saturated rings. The standard InChI is InChI=1S/C15H23N3O5S/c1-22-8-9-7-10(14(23-2)13(9)21)17-15(24)16-5-6-18-11(19)3-4-12(18)20/h3-4,9-10,13-14,21H,5-8H2,1-2H3,(H2,16,17,24)/t9-,10-,13+,14?/m1/s1. The van der Waals surface area contributed by atoms with Crippen LogP contribution in [0.25, 0.3) is 0 Å². The van der Waals surface area contributed by atoms with E-state index in [1.54, 1.807) is 14.2 Å². The van der Waals surface area contributed by atoms with Crippen molar-refractivity contribution < 1.29 is 24.2 Å². The quantitative estimate of drug-likeness (QED) is 0.385. The number of ether oxygens (including phenoxy) is 2. The van der Waals surface area contributed by atoms with Crippen molar-refractivity contribution in [2.24, 2.45) is 5.92 Å². The van der Waals surface area contributed by atoms with E-state index in [1.165, 1.54) is 12.2 Å². The Morgan fingerprint density at radius 2 is 2.04 bits per heavy atom. The Kier molecular flexibility index (Phi) is 6.67. The van der Waals surface area contributed by atoms with Gasteiger partial charge in [0.15, 0.2) is 5.11 Å². The maximum absolute atomic E-state index is 11.4. The van der Waals surface area contributed by atoms with Gasteiger partial charge >= 0.3 is 0 Å². The zero-order chi connectivity index (χ0) is 17.7. The molecule has 0 radical (unpaired) electrons. The molecule has 0 spiro atoms. The molecule has 134 valence electrons. The van der Waals surface area contributed by atoms with Gasteiger partial charge in [0.1, 0.15) is 6.10 Å². The lowest BCUT2D eigenvalue weighted by Crippen LogP contribution is -2.49. The number of thiocarbonyl (C=S) groups is 1. The molecule has 0 saturated heterocycles. The molecule has 4 atom stereocenters. The molecule has 3 N–H and O–H groups in total. The molecule has 1 aliphatic carbocycles. The highest BCUT2D eigenvalue weighted by molar-refractivity contribution is 7.80. The predicted molar refractivity (Wildman–Crippen MR) is 90.2 cm³/mol. The Balaban J connectivity index is 1.77. The number of imide groups is 1. The van der Waals surface area contributed by atoms with Gasteiger partial charge in [0.2, 0.25) is 0 Å². The Bertz CT molecular complexity index is 509. The predicted octanol–water partition coefficient (Wildman–Crippen LogP) is -1.21. The van der Waals surface area contributed by atoms with Crippen molar-refractivity contribution in [2.75, 3.05) is 33.9 Å². The number of hydrogen-bond acceptors (Lipinski definition) is 6. The summed E-state index contributed by atoms with van der Waals surface area (Å²) in [6, 6.07) is -0.137. The highest BCUT2D eigenvalue weighted by Crippen LogP contribution is 2.28. The summed E-state index contributed by atoms with van der Waals surface area (Å²) in [6.45, 7) is 1.03. The van der Waals surface area contributed by atoms with Crippen LogP contribution in [-0.4, -0.2) is 79.1 Å². The van der Waals surface area contributed by atoms with E-state index < -0.39 is 6.10 Å². The fraction of sp³-hybridized carbons (Fsp3) is 0.667. The van der Waals surface area contributed by atoms with Gasteiger partial charge in [-0.2, -0.15) is 0 Å². The number of amides is 2. The molecule has 0 aromatic carbocycles. The number of nitrogens with zero attached hydrogens (tertiary/aromatic N) is 1. The van der Waals surface area contributed by atoms with Crippen LogP contribution in [0.1, 0.15) is 6.42 Å². The lowest BCUT2D eigenvalue weighted by Gasteiger charge is -2.23. The maximum atomic E-state index is 11.4. The summed E-state index contributed by atoms with van der Waals surface area (Å²) in [4.78, 5) is 24.0. The summed E-state index contributed by atoms with van der Waals surface area (Å²) in [5.74, 6) is -0.658. The van der Waals surface area contributed by atoms with E-state index in [0.29, 0.717) is 24.7 Å². The summed E-state index contributed by atoms with van der Waals surface area (Å²) in [5.41, 5.74) is 0. The molecule has 2 amide bonds. The van der Waals surface area contributed by atoms with Gasteiger partial charge < -0.3 is 25.2 Å². The van der Waals surface area contributed by atoms with Crippen molar-refractivity contribution in [2.45, 2.75) is 24.7 Å². The Morgan fingerprint density at radius 3 is 2.62 bits per heavy atom. The van der Waals surface area contributed by atoms with Crippen LogP contribution in [0, 0.1) is 5.92 Å². The molecule has 24 heavy (non-hydrogen) atoms. The third kappa shape index (κ3) is 4.29. The van der Waals surface area contributed by atoms with Gasteiger partial charge in [-0.1, -0.05) is 0 Å². The van der Waals surface area contributed by atoms with Gasteiger partial charge in [-0.25, -0.2) is 0 Å². The van der Waals surface area contributed by atoms with Crippen molar-refractivity contribution in [3.8, 4) is 0 Å². The van der Waals surface area contributed by atoms with Crippen molar-refractivity contribution in [3.05, 3.63) is 12.2 Å². The summed E-state index contributed by atoms with van der Waals surface area (Å²) in [5, 5.41) is 16.7. The van der Waals surface area contributed by atoms with Crippen LogP contribution in [0.4, 0.5) is 0 Å². The molecule has 1 heterocycles. The highest BCUT2D eigenvalue weighted by Gasteiger charge is 2.43. The van der Waals surface area contributed by atoms with Crippen molar-refractivity contribution in [1.29, 1.82) is 0 Å². The summed E-state index contributed by atoms with van der Waals surface area (Å²) >= 11 is 5.24. The minimum atomic E-state index is -0.624. The van der Waals surface area contributed by atoms with Gasteiger partial charge in [-0.15, -0.1) is 0 Å². The number of methoxy groups -OCH3 is 2. The molecular weight excluding hydrogens is 334 g/mol. The normalized spacial score (nSPS) is 29.4. The Labute approximate surface area is 146 Å². The fourth-order valence-electron chi connectivity index (χ4n) is 3.08. The number of rotatable bonds is 7. The minimum absolute atomic E-state index is 0.0221. The molecule has 8 nitrogen and oxygen atoms in total. The smallest absolute Gasteiger partial charge is 0.253 e. The third-order valence-corrected chi connectivity index (χ3v) is 4.53. The number of hydrogen-bond donors (Lipinski definition) is 3. The summed E-state index contributed by atoms with van der Waals surface area (Å²) in [7, 11) is 3.14.